The Morgan fingerprint density at radius 3 is 3.06 bits per heavy atom. The van der Waals surface area contributed by atoms with E-state index in [0.717, 1.165) is 30.8 Å². The second-order valence-electron chi connectivity index (χ2n) is 4.54. The number of rotatable bonds is 5. The highest BCUT2D eigenvalue weighted by Gasteiger charge is 2.14. The first-order valence-corrected chi connectivity index (χ1v) is 6.26. The van der Waals surface area contributed by atoms with Gasteiger partial charge >= 0.3 is 0 Å². The minimum absolute atomic E-state index is 0.214. The molecule has 1 unspecified atom stereocenters. The van der Waals surface area contributed by atoms with Crippen LogP contribution in [0.3, 0.4) is 0 Å². The van der Waals surface area contributed by atoms with Crippen LogP contribution in [0.15, 0.2) is 18.2 Å². The largest absolute Gasteiger partial charge is 0.493 e. The third kappa shape index (κ3) is 3.70. The van der Waals surface area contributed by atoms with Crippen LogP contribution in [0.2, 0.25) is 0 Å². The number of hydrogen-bond acceptors (Lipinski definition) is 2. The Hall–Kier alpha value is -1.09. The average Bonchev–Trinajstić information content (AvgIpc) is 2.79. The van der Waals surface area contributed by atoms with Gasteiger partial charge in [-0.05, 0) is 56.4 Å². The van der Waals surface area contributed by atoms with Gasteiger partial charge in [-0.15, -0.1) is 0 Å². The highest BCUT2D eigenvalue weighted by atomic mass is 19.1. The molecule has 0 aliphatic carbocycles. The van der Waals surface area contributed by atoms with Gasteiger partial charge in [0.15, 0.2) is 0 Å². The summed E-state index contributed by atoms with van der Waals surface area (Å²) in [7, 11) is 0. The first-order chi connectivity index (χ1) is 8.25. The van der Waals surface area contributed by atoms with Gasteiger partial charge in [0.25, 0.3) is 0 Å². The number of ether oxygens (including phenoxy) is 2. The molecule has 2 rings (SSSR count). The zero-order valence-electron chi connectivity index (χ0n) is 10.2. The van der Waals surface area contributed by atoms with Crippen LogP contribution in [0.5, 0.6) is 5.75 Å². The summed E-state index contributed by atoms with van der Waals surface area (Å²) < 4.78 is 24.0. The molecule has 1 aliphatic rings. The van der Waals surface area contributed by atoms with Crippen LogP contribution < -0.4 is 4.74 Å². The van der Waals surface area contributed by atoms with E-state index in [0.29, 0.717) is 12.7 Å². The lowest BCUT2D eigenvalue weighted by atomic mass is 10.1. The topological polar surface area (TPSA) is 18.5 Å². The maximum Gasteiger partial charge on any atom is 0.123 e. The molecule has 1 heterocycles. The zero-order chi connectivity index (χ0) is 12.1. The summed E-state index contributed by atoms with van der Waals surface area (Å²) >= 11 is 0. The first-order valence-electron chi connectivity index (χ1n) is 6.26. The summed E-state index contributed by atoms with van der Waals surface area (Å²) in [6.45, 7) is 3.44. The highest BCUT2D eigenvalue weighted by Crippen LogP contribution is 2.20. The van der Waals surface area contributed by atoms with Gasteiger partial charge in [-0.25, -0.2) is 4.39 Å². The maximum absolute atomic E-state index is 12.9. The van der Waals surface area contributed by atoms with Crippen molar-refractivity contribution in [1.82, 2.24) is 0 Å². The lowest BCUT2D eigenvalue weighted by Gasteiger charge is -2.11. The van der Waals surface area contributed by atoms with E-state index in [1.165, 1.54) is 25.0 Å². The van der Waals surface area contributed by atoms with Crippen molar-refractivity contribution < 1.29 is 13.9 Å². The summed E-state index contributed by atoms with van der Waals surface area (Å²) in [6.07, 6.45) is 4.83. The molecule has 1 aliphatic heterocycles. The molecule has 1 fully saturated rings. The van der Waals surface area contributed by atoms with Crippen molar-refractivity contribution in [1.29, 1.82) is 0 Å². The number of halogens is 1. The van der Waals surface area contributed by atoms with E-state index in [1.54, 1.807) is 6.07 Å². The van der Waals surface area contributed by atoms with Crippen molar-refractivity contribution in [2.24, 2.45) is 0 Å². The van der Waals surface area contributed by atoms with Gasteiger partial charge in [0, 0.05) is 6.61 Å². The second-order valence-corrected chi connectivity index (χ2v) is 4.54. The highest BCUT2D eigenvalue weighted by molar-refractivity contribution is 5.32. The van der Waals surface area contributed by atoms with Crippen molar-refractivity contribution in [3.8, 4) is 5.75 Å². The summed E-state index contributed by atoms with van der Waals surface area (Å²) in [5, 5.41) is 0. The number of hydrogen-bond donors (Lipinski definition) is 0. The molecule has 2 nitrogen and oxygen atoms in total. The molecule has 94 valence electrons. The van der Waals surface area contributed by atoms with Crippen LogP contribution in [0.25, 0.3) is 0 Å². The Kier molecular flexibility index (Phi) is 4.37. The van der Waals surface area contributed by atoms with Crippen molar-refractivity contribution >= 4 is 0 Å². The SMILES string of the molecule is Cc1cc(F)ccc1OCCCC1CCCO1. The monoisotopic (exact) mass is 238 g/mol. The summed E-state index contributed by atoms with van der Waals surface area (Å²) in [4.78, 5) is 0. The fraction of sp³-hybridized carbons (Fsp3) is 0.571. The second kappa shape index (κ2) is 6.01. The molecule has 0 saturated carbocycles. The van der Waals surface area contributed by atoms with Gasteiger partial charge in [0.05, 0.1) is 12.7 Å². The van der Waals surface area contributed by atoms with Gasteiger partial charge in [-0.2, -0.15) is 0 Å². The van der Waals surface area contributed by atoms with E-state index in [-0.39, 0.29) is 5.82 Å². The molecule has 0 N–H and O–H groups in total. The standard InChI is InChI=1S/C14H19FO2/c1-11-10-12(15)6-7-14(11)17-9-3-5-13-4-2-8-16-13/h6-7,10,13H,2-5,8-9H2,1H3. The van der Waals surface area contributed by atoms with Crippen LogP contribution in [0.4, 0.5) is 4.39 Å². The van der Waals surface area contributed by atoms with E-state index < -0.39 is 0 Å². The predicted octanol–water partition coefficient (Wildman–Crippen LogP) is 3.47. The lowest BCUT2D eigenvalue weighted by molar-refractivity contribution is 0.0981. The lowest BCUT2D eigenvalue weighted by Crippen LogP contribution is -2.08. The van der Waals surface area contributed by atoms with E-state index in [1.807, 2.05) is 6.92 Å². The third-order valence-corrected chi connectivity index (χ3v) is 3.09. The van der Waals surface area contributed by atoms with Crippen molar-refractivity contribution in [3.63, 3.8) is 0 Å². The molecule has 0 amide bonds. The van der Waals surface area contributed by atoms with Crippen LogP contribution >= 0.6 is 0 Å². The molecule has 3 heteroatoms. The third-order valence-electron chi connectivity index (χ3n) is 3.09. The number of benzene rings is 1. The number of aryl methyl sites for hydroxylation is 1. The Bertz CT molecular complexity index is 359. The van der Waals surface area contributed by atoms with E-state index in [4.69, 9.17) is 9.47 Å². The normalized spacial score (nSPS) is 19.5. The minimum Gasteiger partial charge on any atom is -0.493 e. The maximum atomic E-state index is 12.9. The smallest absolute Gasteiger partial charge is 0.123 e. The summed E-state index contributed by atoms with van der Waals surface area (Å²) in [5.74, 6) is 0.563. The minimum atomic E-state index is -0.214. The van der Waals surface area contributed by atoms with Gasteiger partial charge in [-0.3, -0.25) is 0 Å². The molecule has 1 aromatic carbocycles. The van der Waals surface area contributed by atoms with Crippen molar-refractivity contribution in [2.75, 3.05) is 13.2 Å². The summed E-state index contributed by atoms with van der Waals surface area (Å²) in [5.41, 5.74) is 0.849. The Balaban J connectivity index is 1.70. The quantitative estimate of drug-likeness (QED) is 0.731. The molecule has 1 aromatic rings. The fourth-order valence-corrected chi connectivity index (χ4v) is 2.14. The Labute approximate surface area is 102 Å². The first kappa shape index (κ1) is 12.4. The molecular weight excluding hydrogens is 219 g/mol. The van der Waals surface area contributed by atoms with Gasteiger partial charge in [-0.1, -0.05) is 0 Å². The van der Waals surface area contributed by atoms with Crippen molar-refractivity contribution in [2.45, 2.75) is 38.7 Å². The Morgan fingerprint density at radius 1 is 1.47 bits per heavy atom. The molecule has 0 radical (unpaired) electrons. The van der Waals surface area contributed by atoms with E-state index in [9.17, 15) is 4.39 Å². The molecule has 0 bridgehead atoms. The van der Waals surface area contributed by atoms with Gasteiger partial charge in [0.1, 0.15) is 11.6 Å². The predicted molar refractivity (Wildman–Crippen MR) is 64.8 cm³/mol. The zero-order valence-corrected chi connectivity index (χ0v) is 10.2. The average molecular weight is 238 g/mol. The van der Waals surface area contributed by atoms with Gasteiger partial charge < -0.3 is 9.47 Å². The fourth-order valence-electron chi connectivity index (χ4n) is 2.14. The van der Waals surface area contributed by atoms with Crippen LogP contribution in [-0.4, -0.2) is 19.3 Å². The molecule has 0 aromatic heterocycles. The molecule has 0 spiro atoms. The van der Waals surface area contributed by atoms with Gasteiger partial charge in [0.2, 0.25) is 0 Å². The van der Waals surface area contributed by atoms with E-state index >= 15 is 0 Å². The molecular formula is C14H19FO2. The summed E-state index contributed by atoms with van der Waals surface area (Å²) in [6, 6.07) is 4.62. The van der Waals surface area contributed by atoms with Crippen LogP contribution in [0.1, 0.15) is 31.2 Å². The van der Waals surface area contributed by atoms with Crippen molar-refractivity contribution in [3.05, 3.63) is 29.6 Å². The molecule has 1 atom stereocenters. The van der Waals surface area contributed by atoms with Crippen LogP contribution in [-0.2, 0) is 4.74 Å². The molecule has 17 heavy (non-hydrogen) atoms. The van der Waals surface area contributed by atoms with Crippen LogP contribution in [0, 0.1) is 12.7 Å². The Morgan fingerprint density at radius 2 is 2.35 bits per heavy atom. The van der Waals surface area contributed by atoms with E-state index in [2.05, 4.69) is 0 Å². The molecule has 1 saturated heterocycles.